The third-order valence-electron chi connectivity index (χ3n) is 2.25. The second-order valence-electron chi connectivity index (χ2n) is 3.75. The Balaban J connectivity index is 2.05. The molecule has 2 amide bonds. The monoisotopic (exact) mass is 251 g/mol. The highest BCUT2D eigenvalue weighted by Crippen LogP contribution is 1.93. The lowest BCUT2D eigenvalue weighted by atomic mass is 10.3. The van der Waals surface area contributed by atoms with Crippen molar-refractivity contribution in [3.63, 3.8) is 0 Å². The van der Waals surface area contributed by atoms with Crippen molar-refractivity contribution in [2.45, 2.75) is 19.3 Å². The maximum atomic E-state index is 11.3. The lowest BCUT2D eigenvalue weighted by molar-refractivity contribution is -0.137. The van der Waals surface area contributed by atoms with Gasteiger partial charge in [-0.05, 0) is 18.6 Å². The number of urea groups is 1. The predicted octanol–water partition coefficient (Wildman–Crippen LogP) is 0.788. The molecule has 0 aromatic carbocycles. The van der Waals surface area contributed by atoms with Gasteiger partial charge < -0.3 is 15.7 Å². The van der Waals surface area contributed by atoms with E-state index in [0.29, 0.717) is 25.9 Å². The Morgan fingerprint density at radius 1 is 1.22 bits per heavy atom. The number of carbonyl (C=O) groups excluding carboxylic acids is 1. The van der Waals surface area contributed by atoms with Crippen LogP contribution in [0.5, 0.6) is 0 Å². The zero-order chi connectivity index (χ0) is 13.2. The molecule has 6 nitrogen and oxygen atoms in total. The normalized spacial score (nSPS) is 9.78. The van der Waals surface area contributed by atoms with Crippen LogP contribution in [0.4, 0.5) is 4.79 Å². The second-order valence-corrected chi connectivity index (χ2v) is 3.75. The van der Waals surface area contributed by atoms with Crippen LogP contribution in [-0.2, 0) is 11.2 Å². The van der Waals surface area contributed by atoms with Crippen molar-refractivity contribution >= 4 is 12.0 Å². The van der Waals surface area contributed by atoms with Crippen LogP contribution in [0.2, 0.25) is 0 Å². The van der Waals surface area contributed by atoms with E-state index in [-0.39, 0.29) is 12.5 Å². The molecule has 98 valence electrons. The van der Waals surface area contributed by atoms with Gasteiger partial charge in [-0.1, -0.05) is 6.07 Å². The number of aromatic nitrogens is 1. The summed E-state index contributed by atoms with van der Waals surface area (Å²) in [4.78, 5) is 25.7. The molecule has 3 N–H and O–H groups in total. The van der Waals surface area contributed by atoms with E-state index in [4.69, 9.17) is 5.11 Å². The predicted molar refractivity (Wildman–Crippen MR) is 66.2 cm³/mol. The molecule has 0 aliphatic carbocycles. The zero-order valence-electron chi connectivity index (χ0n) is 10.1. The number of nitrogens with one attached hydrogen (secondary N) is 2. The first-order chi connectivity index (χ1) is 8.68. The zero-order valence-corrected chi connectivity index (χ0v) is 10.1. The van der Waals surface area contributed by atoms with E-state index < -0.39 is 5.97 Å². The fourth-order valence-corrected chi connectivity index (χ4v) is 1.35. The Morgan fingerprint density at radius 2 is 2.00 bits per heavy atom. The lowest BCUT2D eigenvalue weighted by Crippen LogP contribution is -2.37. The van der Waals surface area contributed by atoms with Gasteiger partial charge in [-0.15, -0.1) is 0 Å². The molecule has 18 heavy (non-hydrogen) atoms. The molecule has 1 aromatic rings. The van der Waals surface area contributed by atoms with Crippen LogP contribution in [0.15, 0.2) is 24.4 Å². The van der Waals surface area contributed by atoms with Crippen LogP contribution in [0, 0.1) is 0 Å². The summed E-state index contributed by atoms with van der Waals surface area (Å²) in [7, 11) is 0. The number of aliphatic carboxylic acids is 1. The molecule has 1 rings (SSSR count). The average Bonchev–Trinajstić information content (AvgIpc) is 2.36. The summed E-state index contributed by atoms with van der Waals surface area (Å²) >= 11 is 0. The minimum atomic E-state index is -0.854. The topological polar surface area (TPSA) is 91.3 Å². The molecule has 0 fully saturated rings. The minimum absolute atomic E-state index is 0.0637. The largest absolute Gasteiger partial charge is 0.481 e. The van der Waals surface area contributed by atoms with Crippen molar-refractivity contribution in [2.75, 3.05) is 13.1 Å². The molecule has 0 radical (unpaired) electrons. The Morgan fingerprint density at radius 3 is 2.67 bits per heavy atom. The standard InChI is InChI=1S/C12H17N3O3/c16-11(17)5-3-8-14-12(18)15-9-6-10-4-1-2-7-13-10/h1-2,4,7H,3,5-6,8-9H2,(H,16,17)(H2,14,15,18). The minimum Gasteiger partial charge on any atom is -0.481 e. The SMILES string of the molecule is O=C(O)CCCNC(=O)NCCc1ccccn1. The molecule has 0 unspecified atom stereocenters. The van der Waals surface area contributed by atoms with Crippen molar-refractivity contribution in [2.24, 2.45) is 0 Å². The molecule has 0 saturated carbocycles. The molecule has 0 saturated heterocycles. The number of carboxylic acids is 1. The van der Waals surface area contributed by atoms with Crippen molar-refractivity contribution in [3.05, 3.63) is 30.1 Å². The van der Waals surface area contributed by atoms with Crippen molar-refractivity contribution in [1.29, 1.82) is 0 Å². The first-order valence-electron chi connectivity index (χ1n) is 5.82. The first kappa shape index (κ1) is 14.0. The number of hydrogen-bond donors (Lipinski definition) is 3. The molecule has 0 atom stereocenters. The van der Waals surface area contributed by atoms with Crippen LogP contribution in [0.3, 0.4) is 0 Å². The van der Waals surface area contributed by atoms with E-state index in [1.54, 1.807) is 6.20 Å². The number of pyridine rings is 1. The van der Waals surface area contributed by atoms with Gasteiger partial charge in [0.05, 0.1) is 0 Å². The van der Waals surface area contributed by atoms with Crippen molar-refractivity contribution < 1.29 is 14.7 Å². The van der Waals surface area contributed by atoms with E-state index in [9.17, 15) is 9.59 Å². The van der Waals surface area contributed by atoms with Gasteiger partial charge in [0.25, 0.3) is 0 Å². The number of hydrogen-bond acceptors (Lipinski definition) is 3. The number of amides is 2. The van der Waals surface area contributed by atoms with E-state index in [0.717, 1.165) is 5.69 Å². The molecule has 6 heteroatoms. The van der Waals surface area contributed by atoms with Crippen LogP contribution in [-0.4, -0.2) is 35.2 Å². The highest BCUT2D eigenvalue weighted by molar-refractivity contribution is 5.73. The fraction of sp³-hybridized carbons (Fsp3) is 0.417. The Labute approximate surface area is 105 Å². The third kappa shape index (κ3) is 6.47. The molecule has 1 heterocycles. The molecule has 0 bridgehead atoms. The Hall–Kier alpha value is -2.11. The maximum absolute atomic E-state index is 11.3. The molecule has 0 aliphatic rings. The number of rotatable bonds is 7. The summed E-state index contributed by atoms with van der Waals surface area (Å²) in [5, 5.41) is 13.7. The Kier molecular flexibility index (Phi) is 6.24. The van der Waals surface area contributed by atoms with Gasteiger partial charge in [0.15, 0.2) is 0 Å². The van der Waals surface area contributed by atoms with Gasteiger partial charge in [-0.3, -0.25) is 9.78 Å². The van der Waals surface area contributed by atoms with Crippen molar-refractivity contribution in [1.82, 2.24) is 15.6 Å². The third-order valence-corrected chi connectivity index (χ3v) is 2.25. The summed E-state index contributed by atoms with van der Waals surface area (Å²) in [5.41, 5.74) is 0.920. The molecule has 0 spiro atoms. The van der Waals surface area contributed by atoms with Gasteiger partial charge in [0.2, 0.25) is 0 Å². The summed E-state index contributed by atoms with van der Waals surface area (Å²) in [6.45, 7) is 0.865. The lowest BCUT2D eigenvalue weighted by Gasteiger charge is -2.06. The molecular weight excluding hydrogens is 234 g/mol. The highest BCUT2D eigenvalue weighted by atomic mass is 16.4. The van der Waals surface area contributed by atoms with E-state index >= 15 is 0 Å². The van der Waals surface area contributed by atoms with Gasteiger partial charge in [0, 0.05) is 37.8 Å². The van der Waals surface area contributed by atoms with E-state index in [1.807, 2.05) is 18.2 Å². The van der Waals surface area contributed by atoms with Crippen LogP contribution in [0.1, 0.15) is 18.5 Å². The van der Waals surface area contributed by atoms with Crippen LogP contribution >= 0.6 is 0 Å². The van der Waals surface area contributed by atoms with E-state index in [1.165, 1.54) is 0 Å². The number of carbonyl (C=O) groups is 2. The average molecular weight is 251 g/mol. The number of carboxylic acid groups (broad SMARTS) is 1. The fourth-order valence-electron chi connectivity index (χ4n) is 1.35. The first-order valence-corrected chi connectivity index (χ1v) is 5.82. The van der Waals surface area contributed by atoms with E-state index in [2.05, 4.69) is 15.6 Å². The molecule has 0 aliphatic heterocycles. The van der Waals surface area contributed by atoms with Gasteiger partial charge in [-0.25, -0.2) is 4.79 Å². The second kappa shape index (κ2) is 8.05. The molecular formula is C12H17N3O3. The van der Waals surface area contributed by atoms with Crippen molar-refractivity contribution in [3.8, 4) is 0 Å². The summed E-state index contributed by atoms with van der Waals surface area (Å²) in [5.74, 6) is -0.854. The van der Waals surface area contributed by atoms with Crippen LogP contribution in [0.25, 0.3) is 0 Å². The smallest absolute Gasteiger partial charge is 0.314 e. The summed E-state index contributed by atoms with van der Waals surface area (Å²) in [6.07, 6.45) is 2.88. The highest BCUT2D eigenvalue weighted by Gasteiger charge is 2.01. The van der Waals surface area contributed by atoms with Gasteiger partial charge >= 0.3 is 12.0 Å². The van der Waals surface area contributed by atoms with Gasteiger partial charge in [-0.2, -0.15) is 0 Å². The summed E-state index contributed by atoms with van der Waals surface area (Å²) < 4.78 is 0. The molecule has 1 aromatic heterocycles. The van der Waals surface area contributed by atoms with Gasteiger partial charge in [0.1, 0.15) is 0 Å². The van der Waals surface area contributed by atoms with Crippen LogP contribution < -0.4 is 10.6 Å². The number of nitrogens with zero attached hydrogens (tertiary/aromatic N) is 1. The maximum Gasteiger partial charge on any atom is 0.314 e. The quantitative estimate of drug-likeness (QED) is 0.625. The Bertz CT molecular complexity index is 381. The summed E-state index contributed by atoms with van der Waals surface area (Å²) in [6, 6.07) is 5.35.